The quantitative estimate of drug-likeness (QED) is 0.881. The van der Waals surface area contributed by atoms with Crippen molar-refractivity contribution in [3.05, 3.63) is 35.4 Å². The molecule has 0 radical (unpaired) electrons. The summed E-state index contributed by atoms with van der Waals surface area (Å²) in [6.07, 6.45) is -1.87. The number of rotatable bonds is 2. The molecule has 0 bridgehead atoms. The topological polar surface area (TPSA) is 38.2 Å². The highest BCUT2D eigenvalue weighted by molar-refractivity contribution is 5.24. The summed E-state index contributed by atoms with van der Waals surface area (Å²) < 4.78 is 37.2. The van der Waals surface area contributed by atoms with Gasteiger partial charge in [0.15, 0.2) is 0 Å². The fraction of sp³-hybridized carbons (Fsp3) is 0.571. The first-order valence-electron chi connectivity index (χ1n) is 6.33. The number of halogens is 3. The highest BCUT2D eigenvalue weighted by atomic mass is 19.4. The zero-order valence-corrected chi connectivity index (χ0v) is 11.2. The molecule has 19 heavy (non-hydrogen) atoms. The van der Waals surface area contributed by atoms with Crippen LogP contribution >= 0.6 is 0 Å². The van der Waals surface area contributed by atoms with Crippen LogP contribution < -0.4 is 6.15 Å². The Morgan fingerprint density at radius 2 is 1.63 bits per heavy atom. The standard InChI is InChI=1S/C14H18F3N.H3N/c1-11-6-8-18(9-7-11)10-12-2-4-13(5-3-12)14(15,16)17;/h2-5,11H,6-10H2,1H3;1H3. The summed E-state index contributed by atoms with van der Waals surface area (Å²) in [6.45, 7) is 5.09. The number of hydrogen-bond donors (Lipinski definition) is 1. The Bertz CT molecular complexity index is 379. The van der Waals surface area contributed by atoms with Crippen LogP contribution in [0.4, 0.5) is 13.2 Å². The molecule has 0 saturated carbocycles. The third kappa shape index (κ3) is 4.51. The summed E-state index contributed by atoms with van der Waals surface area (Å²) in [7, 11) is 0. The molecule has 0 aromatic heterocycles. The minimum absolute atomic E-state index is 0. The number of alkyl halides is 3. The van der Waals surface area contributed by atoms with Gasteiger partial charge in [-0.1, -0.05) is 19.1 Å². The third-order valence-electron chi connectivity index (χ3n) is 3.56. The lowest BCUT2D eigenvalue weighted by atomic mass is 9.99. The van der Waals surface area contributed by atoms with E-state index in [9.17, 15) is 13.2 Å². The zero-order chi connectivity index (χ0) is 13.2. The minimum Gasteiger partial charge on any atom is -0.344 e. The molecule has 5 heteroatoms. The predicted molar refractivity (Wildman–Crippen MR) is 70.1 cm³/mol. The van der Waals surface area contributed by atoms with E-state index in [4.69, 9.17) is 0 Å². The van der Waals surface area contributed by atoms with Crippen molar-refractivity contribution in [3.63, 3.8) is 0 Å². The van der Waals surface area contributed by atoms with Crippen molar-refractivity contribution in [3.8, 4) is 0 Å². The van der Waals surface area contributed by atoms with E-state index in [-0.39, 0.29) is 6.15 Å². The van der Waals surface area contributed by atoms with Crippen molar-refractivity contribution < 1.29 is 13.2 Å². The normalized spacial score (nSPS) is 18.1. The third-order valence-corrected chi connectivity index (χ3v) is 3.56. The van der Waals surface area contributed by atoms with Gasteiger partial charge >= 0.3 is 6.18 Å². The zero-order valence-electron chi connectivity index (χ0n) is 11.2. The molecular formula is C14H21F3N2. The molecule has 0 amide bonds. The second-order valence-corrected chi connectivity index (χ2v) is 5.15. The van der Waals surface area contributed by atoms with Gasteiger partial charge < -0.3 is 6.15 Å². The molecule has 108 valence electrons. The van der Waals surface area contributed by atoms with Gasteiger partial charge in [0.2, 0.25) is 0 Å². The molecule has 0 spiro atoms. The Hall–Kier alpha value is -1.07. The highest BCUT2D eigenvalue weighted by Crippen LogP contribution is 2.29. The predicted octanol–water partition coefficient (Wildman–Crippen LogP) is 4.10. The summed E-state index contributed by atoms with van der Waals surface area (Å²) in [5.41, 5.74) is 0.385. The van der Waals surface area contributed by atoms with Gasteiger partial charge in [0.05, 0.1) is 5.56 Å². The van der Waals surface area contributed by atoms with Crippen molar-refractivity contribution in [2.75, 3.05) is 13.1 Å². The summed E-state index contributed by atoms with van der Waals surface area (Å²) in [5, 5.41) is 0. The lowest BCUT2D eigenvalue weighted by Gasteiger charge is -2.30. The molecule has 1 fully saturated rings. The van der Waals surface area contributed by atoms with Crippen LogP contribution in [-0.4, -0.2) is 18.0 Å². The van der Waals surface area contributed by atoms with Crippen LogP contribution in [0.1, 0.15) is 30.9 Å². The van der Waals surface area contributed by atoms with Crippen molar-refractivity contribution >= 4 is 0 Å². The largest absolute Gasteiger partial charge is 0.416 e. The van der Waals surface area contributed by atoms with Gasteiger partial charge in [-0.25, -0.2) is 0 Å². The van der Waals surface area contributed by atoms with E-state index in [1.807, 2.05) is 0 Å². The Balaban J connectivity index is 0.00000180. The molecular weight excluding hydrogens is 253 g/mol. The van der Waals surface area contributed by atoms with Gasteiger partial charge in [0.25, 0.3) is 0 Å². The lowest BCUT2D eigenvalue weighted by molar-refractivity contribution is -0.137. The highest BCUT2D eigenvalue weighted by Gasteiger charge is 2.30. The van der Waals surface area contributed by atoms with Crippen LogP contribution in [0, 0.1) is 5.92 Å². The Labute approximate surface area is 112 Å². The number of likely N-dealkylation sites (tertiary alicyclic amines) is 1. The van der Waals surface area contributed by atoms with Gasteiger partial charge in [0.1, 0.15) is 0 Å². The molecule has 1 heterocycles. The van der Waals surface area contributed by atoms with Crippen LogP contribution in [0.25, 0.3) is 0 Å². The fourth-order valence-corrected chi connectivity index (χ4v) is 2.28. The maximum absolute atomic E-state index is 12.4. The van der Waals surface area contributed by atoms with Gasteiger partial charge in [-0.3, -0.25) is 4.90 Å². The SMILES string of the molecule is CC1CCN(Cc2ccc(C(F)(F)F)cc2)CC1.N. The van der Waals surface area contributed by atoms with Gasteiger partial charge in [-0.15, -0.1) is 0 Å². The van der Waals surface area contributed by atoms with Crippen LogP contribution in [0.15, 0.2) is 24.3 Å². The molecule has 2 rings (SSSR count). The average Bonchev–Trinajstić information content (AvgIpc) is 2.32. The minimum atomic E-state index is -4.24. The van der Waals surface area contributed by atoms with Crippen LogP contribution in [0.5, 0.6) is 0 Å². The molecule has 1 aliphatic rings. The molecule has 0 unspecified atom stereocenters. The van der Waals surface area contributed by atoms with E-state index in [1.165, 1.54) is 25.0 Å². The maximum Gasteiger partial charge on any atom is 0.416 e. The first-order valence-corrected chi connectivity index (χ1v) is 6.33. The van der Waals surface area contributed by atoms with E-state index >= 15 is 0 Å². The summed E-state index contributed by atoms with van der Waals surface area (Å²) in [6, 6.07) is 5.51. The Kier molecular flexibility index (Phi) is 5.38. The van der Waals surface area contributed by atoms with Crippen molar-refractivity contribution in [2.45, 2.75) is 32.5 Å². The Morgan fingerprint density at radius 1 is 1.11 bits per heavy atom. The van der Waals surface area contributed by atoms with E-state index < -0.39 is 11.7 Å². The molecule has 1 saturated heterocycles. The first-order chi connectivity index (χ1) is 8.45. The van der Waals surface area contributed by atoms with Gasteiger partial charge in [0, 0.05) is 6.54 Å². The van der Waals surface area contributed by atoms with Crippen molar-refractivity contribution in [2.24, 2.45) is 5.92 Å². The monoisotopic (exact) mass is 274 g/mol. The molecule has 1 aromatic carbocycles. The second-order valence-electron chi connectivity index (χ2n) is 5.15. The summed E-state index contributed by atoms with van der Waals surface area (Å²) in [5.74, 6) is 0.772. The van der Waals surface area contributed by atoms with Crippen LogP contribution in [0.2, 0.25) is 0 Å². The van der Waals surface area contributed by atoms with E-state index in [0.717, 1.165) is 31.1 Å². The average molecular weight is 274 g/mol. The smallest absolute Gasteiger partial charge is 0.344 e. The molecule has 1 aromatic rings. The van der Waals surface area contributed by atoms with E-state index in [1.54, 1.807) is 12.1 Å². The van der Waals surface area contributed by atoms with Gasteiger partial charge in [-0.2, -0.15) is 13.2 Å². The number of nitrogens with zero attached hydrogens (tertiary/aromatic N) is 1. The number of benzene rings is 1. The molecule has 2 nitrogen and oxygen atoms in total. The van der Waals surface area contributed by atoms with E-state index in [0.29, 0.717) is 0 Å². The maximum atomic E-state index is 12.4. The van der Waals surface area contributed by atoms with Crippen LogP contribution in [0.3, 0.4) is 0 Å². The Morgan fingerprint density at radius 3 is 2.11 bits per heavy atom. The lowest BCUT2D eigenvalue weighted by Crippen LogP contribution is -2.32. The molecule has 0 aliphatic carbocycles. The number of piperidine rings is 1. The van der Waals surface area contributed by atoms with Crippen molar-refractivity contribution in [1.82, 2.24) is 11.1 Å². The van der Waals surface area contributed by atoms with Gasteiger partial charge in [-0.05, 0) is 49.5 Å². The second kappa shape index (κ2) is 6.39. The first kappa shape index (κ1) is 16.0. The molecule has 1 aliphatic heterocycles. The summed E-state index contributed by atoms with van der Waals surface area (Å²) >= 11 is 0. The molecule has 3 N–H and O–H groups in total. The molecule has 0 atom stereocenters. The van der Waals surface area contributed by atoms with Crippen LogP contribution in [-0.2, 0) is 12.7 Å². The van der Waals surface area contributed by atoms with E-state index in [2.05, 4.69) is 11.8 Å². The van der Waals surface area contributed by atoms with Crippen molar-refractivity contribution in [1.29, 1.82) is 0 Å². The fourth-order valence-electron chi connectivity index (χ4n) is 2.28. The number of hydrogen-bond acceptors (Lipinski definition) is 2. The summed E-state index contributed by atoms with van der Waals surface area (Å²) in [4.78, 5) is 2.31.